The monoisotopic (exact) mass is 353 g/mol. The molecule has 0 unspecified atom stereocenters. The predicted octanol–water partition coefficient (Wildman–Crippen LogP) is 5.78. The number of fused-ring (bicyclic) bond motifs is 5. The van der Waals surface area contributed by atoms with E-state index in [1.54, 1.807) is 11.3 Å². The average Bonchev–Trinajstić information content (AvgIpc) is 3.08. The minimum Gasteiger partial charge on any atom is -0.536 e. The SMILES string of the molecule is O[B]Oc1cc2ccccc2c2c1sc1ccc(-c3ccccc3)cc12. The zero-order valence-electron chi connectivity index (χ0n) is 13.8. The summed E-state index contributed by atoms with van der Waals surface area (Å²) in [6.45, 7) is 0. The molecule has 0 saturated carbocycles. The van der Waals surface area contributed by atoms with Crippen LogP contribution in [0.2, 0.25) is 0 Å². The van der Waals surface area contributed by atoms with Gasteiger partial charge in [0.05, 0.1) is 4.70 Å². The van der Waals surface area contributed by atoms with Gasteiger partial charge in [-0.15, -0.1) is 11.3 Å². The summed E-state index contributed by atoms with van der Waals surface area (Å²) in [6.07, 6.45) is 0. The van der Waals surface area contributed by atoms with Crippen molar-refractivity contribution in [2.45, 2.75) is 0 Å². The fraction of sp³-hybridized carbons (Fsp3) is 0. The van der Waals surface area contributed by atoms with Crippen LogP contribution in [0, 0.1) is 0 Å². The molecular formula is C22H14BO2S. The second-order valence-corrected chi connectivity index (χ2v) is 7.25. The first-order valence-corrected chi connectivity index (χ1v) is 9.23. The Balaban J connectivity index is 1.90. The predicted molar refractivity (Wildman–Crippen MR) is 111 cm³/mol. The summed E-state index contributed by atoms with van der Waals surface area (Å²) in [5.74, 6) is 0.684. The molecule has 2 nitrogen and oxygen atoms in total. The first-order chi connectivity index (χ1) is 12.8. The standard InChI is InChI=1S/C22H14BO2S/c24-23-25-19-13-16-8-4-5-9-17(16)21-18-12-15(14-6-2-1-3-7-14)10-11-20(18)26-22(19)21/h1-13,24H. The largest absolute Gasteiger partial charge is 0.569 e. The third-order valence-corrected chi connectivity index (χ3v) is 5.90. The van der Waals surface area contributed by atoms with Crippen LogP contribution in [0.1, 0.15) is 0 Å². The maximum atomic E-state index is 9.18. The van der Waals surface area contributed by atoms with Crippen molar-refractivity contribution >= 4 is 50.0 Å². The first-order valence-electron chi connectivity index (χ1n) is 8.41. The van der Waals surface area contributed by atoms with E-state index in [0.717, 1.165) is 17.8 Å². The Bertz CT molecular complexity index is 1240. The third kappa shape index (κ3) is 2.38. The Morgan fingerprint density at radius 1 is 0.769 bits per heavy atom. The maximum absolute atomic E-state index is 9.18. The van der Waals surface area contributed by atoms with Crippen LogP contribution in [0.5, 0.6) is 5.75 Å². The Morgan fingerprint density at radius 3 is 2.42 bits per heavy atom. The highest BCUT2D eigenvalue weighted by Crippen LogP contribution is 2.44. The molecule has 4 aromatic carbocycles. The van der Waals surface area contributed by atoms with Crippen molar-refractivity contribution in [1.29, 1.82) is 0 Å². The molecule has 1 N–H and O–H groups in total. The van der Waals surface area contributed by atoms with Crippen LogP contribution in [0.3, 0.4) is 0 Å². The van der Waals surface area contributed by atoms with Crippen LogP contribution in [0.4, 0.5) is 0 Å². The van der Waals surface area contributed by atoms with E-state index in [2.05, 4.69) is 60.7 Å². The molecule has 1 aromatic heterocycles. The van der Waals surface area contributed by atoms with Gasteiger partial charge in [0.25, 0.3) is 0 Å². The van der Waals surface area contributed by atoms with Gasteiger partial charge in [-0.3, -0.25) is 0 Å². The smallest absolute Gasteiger partial charge is 0.536 e. The van der Waals surface area contributed by atoms with E-state index in [1.165, 1.54) is 32.0 Å². The first kappa shape index (κ1) is 15.4. The van der Waals surface area contributed by atoms with Crippen molar-refractivity contribution in [3.05, 3.63) is 78.9 Å². The van der Waals surface area contributed by atoms with Crippen molar-refractivity contribution in [2.75, 3.05) is 0 Å². The Labute approximate surface area is 155 Å². The van der Waals surface area contributed by atoms with Gasteiger partial charge in [-0.25, -0.2) is 0 Å². The highest BCUT2D eigenvalue weighted by atomic mass is 32.1. The number of hydrogen-bond acceptors (Lipinski definition) is 3. The fourth-order valence-corrected chi connectivity index (χ4v) is 4.71. The lowest BCUT2D eigenvalue weighted by Gasteiger charge is -2.07. The minimum absolute atomic E-state index is 0.684. The highest BCUT2D eigenvalue weighted by molar-refractivity contribution is 7.26. The third-order valence-electron chi connectivity index (χ3n) is 4.72. The van der Waals surface area contributed by atoms with E-state index in [1.807, 2.05) is 18.2 Å². The van der Waals surface area contributed by atoms with Gasteiger partial charge in [-0.05, 0) is 40.1 Å². The molecule has 0 fully saturated rings. The molecule has 123 valence electrons. The number of thiophene rings is 1. The van der Waals surface area contributed by atoms with E-state index in [4.69, 9.17) is 4.65 Å². The lowest BCUT2D eigenvalue weighted by atomic mass is 9.99. The number of hydrogen-bond donors (Lipinski definition) is 1. The zero-order valence-corrected chi connectivity index (χ0v) is 14.7. The van der Waals surface area contributed by atoms with Gasteiger partial charge < -0.3 is 9.68 Å². The van der Waals surface area contributed by atoms with Crippen LogP contribution >= 0.6 is 11.3 Å². The minimum atomic E-state index is 0.684. The molecule has 0 bridgehead atoms. The molecule has 0 amide bonds. The average molecular weight is 353 g/mol. The summed E-state index contributed by atoms with van der Waals surface area (Å²) in [7, 11) is 0.753. The van der Waals surface area contributed by atoms with Crippen LogP contribution in [-0.4, -0.2) is 12.7 Å². The maximum Gasteiger partial charge on any atom is 0.569 e. The van der Waals surface area contributed by atoms with Gasteiger partial charge in [0, 0.05) is 15.5 Å². The van der Waals surface area contributed by atoms with E-state index >= 15 is 0 Å². The van der Waals surface area contributed by atoms with Gasteiger partial charge in [0.1, 0.15) is 5.75 Å². The highest BCUT2D eigenvalue weighted by Gasteiger charge is 2.15. The van der Waals surface area contributed by atoms with Gasteiger partial charge in [-0.2, -0.15) is 0 Å². The quantitative estimate of drug-likeness (QED) is 0.417. The van der Waals surface area contributed by atoms with Gasteiger partial charge >= 0.3 is 7.69 Å². The number of rotatable bonds is 3. The van der Waals surface area contributed by atoms with Crippen molar-refractivity contribution < 1.29 is 9.68 Å². The van der Waals surface area contributed by atoms with E-state index < -0.39 is 0 Å². The van der Waals surface area contributed by atoms with Crippen molar-refractivity contribution in [3.8, 4) is 16.9 Å². The molecule has 1 radical (unpaired) electrons. The second kappa shape index (κ2) is 6.17. The van der Waals surface area contributed by atoms with Crippen LogP contribution in [0.15, 0.2) is 78.9 Å². The number of benzene rings is 4. The summed E-state index contributed by atoms with van der Waals surface area (Å²) in [5.41, 5.74) is 2.40. The van der Waals surface area contributed by atoms with Crippen LogP contribution in [0.25, 0.3) is 42.1 Å². The van der Waals surface area contributed by atoms with Gasteiger partial charge in [-0.1, -0.05) is 60.7 Å². The second-order valence-electron chi connectivity index (χ2n) is 6.20. The summed E-state index contributed by atoms with van der Waals surface area (Å²) < 4.78 is 7.67. The summed E-state index contributed by atoms with van der Waals surface area (Å²) >= 11 is 1.69. The molecule has 5 rings (SSSR count). The summed E-state index contributed by atoms with van der Waals surface area (Å²) in [5, 5.41) is 13.9. The molecule has 4 heteroatoms. The molecule has 0 spiro atoms. The van der Waals surface area contributed by atoms with Crippen LogP contribution < -0.4 is 4.65 Å². The molecular weight excluding hydrogens is 339 g/mol. The molecule has 0 atom stereocenters. The fourth-order valence-electron chi connectivity index (χ4n) is 3.55. The normalized spacial score (nSPS) is 11.3. The molecule has 0 aliphatic rings. The van der Waals surface area contributed by atoms with E-state index in [0.29, 0.717) is 5.75 Å². The summed E-state index contributed by atoms with van der Waals surface area (Å²) in [4.78, 5) is 0. The van der Waals surface area contributed by atoms with Crippen molar-refractivity contribution in [3.63, 3.8) is 0 Å². The Morgan fingerprint density at radius 2 is 1.58 bits per heavy atom. The topological polar surface area (TPSA) is 29.5 Å². The van der Waals surface area contributed by atoms with E-state index in [9.17, 15) is 5.02 Å². The molecule has 0 aliphatic heterocycles. The van der Waals surface area contributed by atoms with Crippen LogP contribution in [-0.2, 0) is 0 Å². The lowest BCUT2D eigenvalue weighted by molar-refractivity contribution is 0.457. The molecule has 5 aromatic rings. The zero-order chi connectivity index (χ0) is 17.5. The molecule has 0 aliphatic carbocycles. The molecule has 26 heavy (non-hydrogen) atoms. The molecule has 0 saturated heterocycles. The van der Waals surface area contributed by atoms with Crippen molar-refractivity contribution in [2.24, 2.45) is 0 Å². The van der Waals surface area contributed by atoms with Crippen molar-refractivity contribution in [1.82, 2.24) is 0 Å². The summed E-state index contributed by atoms with van der Waals surface area (Å²) in [6, 6.07) is 27.3. The van der Waals surface area contributed by atoms with Gasteiger partial charge in [0.2, 0.25) is 0 Å². The van der Waals surface area contributed by atoms with E-state index in [-0.39, 0.29) is 0 Å². The Kier molecular flexibility index (Phi) is 3.66. The Hall–Kier alpha value is -2.82. The lowest BCUT2D eigenvalue weighted by Crippen LogP contribution is -1.99. The molecule has 1 heterocycles. The van der Waals surface area contributed by atoms with Gasteiger partial charge in [0.15, 0.2) is 0 Å².